The number of ether oxygens (including phenoxy) is 5. The van der Waals surface area contributed by atoms with Crippen molar-refractivity contribution in [2.45, 2.75) is 69.0 Å². The Morgan fingerprint density at radius 1 is 1.15 bits per heavy atom. The molecule has 5 atom stereocenters. The van der Waals surface area contributed by atoms with Crippen LogP contribution >= 0.6 is 7.37 Å². The molecule has 3 heterocycles. The van der Waals surface area contributed by atoms with Gasteiger partial charge >= 0.3 is 6.09 Å². The fraction of sp³-hybridized carbons (Fsp3) is 0.576. The minimum absolute atomic E-state index is 0.00797. The molecule has 2 fully saturated rings. The normalized spacial score (nSPS) is 21.8. The highest BCUT2D eigenvalue weighted by Crippen LogP contribution is 2.41. The molecule has 15 heteroatoms. The second-order valence-electron chi connectivity index (χ2n) is 13.4. The second kappa shape index (κ2) is 15.2. The third-order valence-electron chi connectivity index (χ3n) is 8.57. The van der Waals surface area contributed by atoms with Crippen molar-refractivity contribution in [2.75, 3.05) is 46.4 Å². The highest BCUT2D eigenvalue weighted by molar-refractivity contribution is 7.89. The molecule has 1 amide bonds. The number of hydrogen-bond donors (Lipinski definition) is 1. The van der Waals surface area contributed by atoms with E-state index >= 15 is 0 Å². The summed E-state index contributed by atoms with van der Waals surface area (Å²) in [6.45, 7) is 7.10. The Bertz CT molecular complexity index is 1630. The predicted molar refractivity (Wildman–Crippen MR) is 175 cm³/mol. The van der Waals surface area contributed by atoms with Gasteiger partial charge in [0.25, 0.3) is 0 Å². The monoisotopic (exact) mass is 705 g/mol. The van der Waals surface area contributed by atoms with Gasteiger partial charge in [-0.15, -0.1) is 0 Å². The zero-order valence-corrected chi connectivity index (χ0v) is 29.4. The van der Waals surface area contributed by atoms with Crippen LogP contribution in [-0.2, 0) is 39.7 Å². The lowest BCUT2D eigenvalue weighted by molar-refractivity contribution is -0.0907. The van der Waals surface area contributed by atoms with Gasteiger partial charge in [-0.3, -0.25) is 4.57 Å². The molecule has 2 aromatic rings. The summed E-state index contributed by atoms with van der Waals surface area (Å²) in [4.78, 5) is 13.4. The number of sulfonamides is 1. The van der Waals surface area contributed by atoms with Crippen molar-refractivity contribution in [1.82, 2.24) is 9.62 Å². The molecule has 2 saturated heterocycles. The van der Waals surface area contributed by atoms with Crippen LogP contribution in [0.2, 0.25) is 0 Å². The smallest absolute Gasteiger partial charge is 0.407 e. The van der Waals surface area contributed by atoms with E-state index in [0.29, 0.717) is 30.9 Å². The van der Waals surface area contributed by atoms with Gasteiger partial charge in [-0.05, 0) is 42.4 Å². The fourth-order valence-electron chi connectivity index (χ4n) is 6.16. The number of amides is 1. The lowest BCUT2D eigenvalue weighted by Crippen LogP contribution is -2.53. The van der Waals surface area contributed by atoms with Crippen LogP contribution in [0.25, 0.3) is 0 Å². The molecule has 13 nitrogen and oxygen atoms in total. The zero-order valence-electron chi connectivity index (χ0n) is 27.7. The third-order valence-corrected chi connectivity index (χ3v) is 11.2. The molecule has 5 rings (SSSR count). The SMILES string of the molecule is CC(C)(CCC#N)CN(CC(OP(C)(C)=O)[C@H](Cc1ccccc1)NC(=O)OC1COC2OCCC12)S(=O)(=O)c1ccc2c(c1)OCO2. The summed E-state index contributed by atoms with van der Waals surface area (Å²) < 4.78 is 77.5. The van der Waals surface area contributed by atoms with E-state index in [1.165, 1.54) is 35.8 Å². The molecule has 3 aliphatic rings. The van der Waals surface area contributed by atoms with Crippen molar-refractivity contribution >= 4 is 23.5 Å². The number of nitrogens with one attached hydrogen (secondary N) is 1. The fourth-order valence-corrected chi connectivity index (χ4v) is 8.68. The van der Waals surface area contributed by atoms with Crippen molar-refractivity contribution in [3.8, 4) is 17.6 Å². The summed E-state index contributed by atoms with van der Waals surface area (Å²) in [7, 11) is -7.48. The van der Waals surface area contributed by atoms with Gasteiger partial charge in [-0.1, -0.05) is 44.2 Å². The summed E-state index contributed by atoms with van der Waals surface area (Å²) in [5.74, 6) is 0.652. The zero-order chi connectivity index (χ0) is 34.5. The Labute approximate surface area is 282 Å². The molecular formula is C33H44N3O10PS. The Kier molecular flexibility index (Phi) is 11.4. The number of alkyl carbamates (subject to hydrolysis) is 1. The minimum Gasteiger partial charge on any atom is -0.454 e. The maximum Gasteiger partial charge on any atom is 0.407 e. The van der Waals surface area contributed by atoms with E-state index in [2.05, 4.69) is 11.4 Å². The lowest BCUT2D eigenvalue weighted by Gasteiger charge is -2.37. The number of carbonyl (C=O) groups is 1. The molecular weight excluding hydrogens is 661 g/mol. The van der Waals surface area contributed by atoms with Gasteiger partial charge in [0.1, 0.15) is 6.10 Å². The molecule has 1 N–H and O–H groups in total. The first-order valence-corrected chi connectivity index (χ1v) is 19.9. The minimum atomic E-state index is -4.22. The van der Waals surface area contributed by atoms with Gasteiger partial charge in [0.05, 0.1) is 42.2 Å². The summed E-state index contributed by atoms with van der Waals surface area (Å²) in [5.41, 5.74) is 0.210. The molecule has 0 radical (unpaired) electrons. The van der Waals surface area contributed by atoms with E-state index in [4.69, 9.17) is 28.2 Å². The summed E-state index contributed by atoms with van der Waals surface area (Å²) in [5, 5.41) is 12.2. The lowest BCUT2D eigenvalue weighted by atomic mass is 9.88. The van der Waals surface area contributed by atoms with Crippen LogP contribution in [0.5, 0.6) is 11.5 Å². The standard InChI is InChI=1S/C33H44N3O10PS/c1-33(2,14-8-15-34)21-36(48(39,40)24-11-12-27-28(18-24)44-22-43-27)19-29(46-47(3,4)38)26(17-23-9-6-5-7-10-23)35-32(37)45-30-20-42-31-25(30)13-16-41-31/h5-7,9-12,18,25-26,29-31H,8,13-14,16-17,19-22H2,1-4H3,(H,35,37)/t25?,26-,29?,30?,31?/m0/s1. The Balaban J connectivity index is 1.48. The van der Waals surface area contributed by atoms with Gasteiger partial charge < -0.3 is 33.5 Å². The molecule has 48 heavy (non-hydrogen) atoms. The maximum atomic E-state index is 14.4. The molecule has 262 valence electrons. The van der Waals surface area contributed by atoms with Gasteiger partial charge in [-0.25, -0.2) is 13.2 Å². The van der Waals surface area contributed by atoms with E-state index in [9.17, 15) is 23.0 Å². The molecule has 0 aromatic heterocycles. The Morgan fingerprint density at radius 3 is 2.62 bits per heavy atom. The number of rotatable bonds is 15. The Hall–Kier alpha value is -3.18. The first kappa shape index (κ1) is 36.1. The molecule has 0 bridgehead atoms. The van der Waals surface area contributed by atoms with E-state index < -0.39 is 53.4 Å². The van der Waals surface area contributed by atoms with Crippen molar-refractivity contribution < 1.29 is 46.0 Å². The van der Waals surface area contributed by atoms with Crippen LogP contribution in [-0.4, -0.2) is 89.8 Å². The quantitative estimate of drug-likeness (QED) is 0.254. The van der Waals surface area contributed by atoms with E-state index in [1.807, 2.05) is 44.2 Å². The second-order valence-corrected chi connectivity index (χ2v) is 18.1. The highest BCUT2D eigenvalue weighted by atomic mass is 32.2. The number of nitrogens with zero attached hydrogens (tertiary/aromatic N) is 2. The van der Waals surface area contributed by atoms with Crippen molar-refractivity contribution in [1.29, 1.82) is 5.26 Å². The van der Waals surface area contributed by atoms with Crippen molar-refractivity contribution in [3.05, 3.63) is 54.1 Å². The average molecular weight is 706 g/mol. The van der Waals surface area contributed by atoms with Crippen molar-refractivity contribution in [2.24, 2.45) is 11.3 Å². The van der Waals surface area contributed by atoms with Crippen LogP contribution in [0.3, 0.4) is 0 Å². The van der Waals surface area contributed by atoms with Crippen LogP contribution < -0.4 is 14.8 Å². The molecule has 0 spiro atoms. The summed E-state index contributed by atoms with van der Waals surface area (Å²) in [6, 6.07) is 15.0. The maximum absolute atomic E-state index is 14.4. The first-order valence-electron chi connectivity index (χ1n) is 16.0. The van der Waals surface area contributed by atoms with E-state index in [0.717, 1.165) is 5.56 Å². The number of hydrogen-bond acceptors (Lipinski definition) is 11. The molecule has 4 unspecified atom stereocenters. The first-order chi connectivity index (χ1) is 22.7. The highest BCUT2D eigenvalue weighted by Gasteiger charge is 2.44. The summed E-state index contributed by atoms with van der Waals surface area (Å²) >= 11 is 0. The number of fused-ring (bicyclic) bond motifs is 2. The largest absolute Gasteiger partial charge is 0.454 e. The topological polar surface area (TPSA) is 163 Å². The predicted octanol–water partition coefficient (Wildman–Crippen LogP) is 4.76. The molecule has 0 saturated carbocycles. The van der Waals surface area contributed by atoms with E-state index in [1.54, 1.807) is 0 Å². The van der Waals surface area contributed by atoms with Crippen LogP contribution in [0.1, 0.15) is 38.7 Å². The number of carbonyl (C=O) groups excluding carboxylic acids is 1. The van der Waals surface area contributed by atoms with Crippen LogP contribution in [0.15, 0.2) is 53.4 Å². The van der Waals surface area contributed by atoms with E-state index in [-0.39, 0.29) is 50.1 Å². The van der Waals surface area contributed by atoms with Gasteiger partial charge in [0.15, 0.2) is 25.2 Å². The van der Waals surface area contributed by atoms with Crippen LogP contribution in [0, 0.1) is 22.7 Å². The summed E-state index contributed by atoms with van der Waals surface area (Å²) in [6.07, 6.45) is -1.14. The molecule has 0 aliphatic carbocycles. The number of nitriles is 1. The third kappa shape index (κ3) is 9.28. The Morgan fingerprint density at radius 2 is 1.90 bits per heavy atom. The average Bonchev–Trinajstić information content (AvgIpc) is 3.77. The van der Waals surface area contributed by atoms with Crippen molar-refractivity contribution in [3.63, 3.8) is 0 Å². The van der Waals surface area contributed by atoms with Gasteiger partial charge in [0, 0.05) is 38.9 Å². The van der Waals surface area contributed by atoms with Gasteiger partial charge in [-0.2, -0.15) is 9.57 Å². The molecule has 2 aromatic carbocycles. The van der Waals surface area contributed by atoms with Crippen LogP contribution in [0.4, 0.5) is 4.79 Å². The van der Waals surface area contributed by atoms with Gasteiger partial charge in [0.2, 0.25) is 16.8 Å². The molecule has 3 aliphatic heterocycles. The number of benzene rings is 2.